The van der Waals surface area contributed by atoms with E-state index in [0.717, 1.165) is 52.0 Å². The fourth-order valence-corrected chi connectivity index (χ4v) is 2.42. The first-order valence-electron chi connectivity index (χ1n) is 7.11. The molecule has 0 saturated carbocycles. The molecule has 0 radical (unpaired) electrons. The smallest absolute Gasteiger partial charge is 0.236 e. The highest BCUT2D eigenvalue weighted by atomic mass is 16.5. The molecule has 2 heterocycles. The van der Waals surface area contributed by atoms with Gasteiger partial charge in [0.05, 0.1) is 12.6 Å². The van der Waals surface area contributed by atoms with Gasteiger partial charge in [-0.3, -0.25) is 9.69 Å². The molecule has 2 rings (SSSR count). The van der Waals surface area contributed by atoms with Gasteiger partial charge in [0.15, 0.2) is 0 Å². The number of amides is 1. The van der Waals surface area contributed by atoms with Crippen molar-refractivity contribution < 1.29 is 9.53 Å². The van der Waals surface area contributed by atoms with Crippen LogP contribution in [0.1, 0.15) is 25.7 Å². The van der Waals surface area contributed by atoms with E-state index in [2.05, 4.69) is 4.90 Å². The number of nitrogens with zero attached hydrogens (tertiary/aromatic N) is 2. The summed E-state index contributed by atoms with van der Waals surface area (Å²) in [7, 11) is 0. The summed E-state index contributed by atoms with van der Waals surface area (Å²) < 4.78 is 5.75. The molecule has 0 atom stereocenters. The number of nitrogens with two attached hydrogens (primary N) is 1. The molecule has 5 nitrogen and oxygen atoms in total. The van der Waals surface area contributed by atoms with Crippen molar-refractivity contribution in [1.82, 2.24) is 9.80 Å². The quantitative estimate of drug-likeness (QED) is 0.681. The zero-order valence-electron chi connectivity index (χ0n) is 11.1. The normalized spacial score (nSPS) is 21.9. The van der Waals surface area contributed by atoms with Gasteiger partial charge in [0.25, 0.3) is 0 Å². The molecule has 2 aliphatic heterocycles. The molecule has 2 aliphatic rings. The van der Waals surface area contributed by atoms with Crippen molar-refractivity contribution in [1.29, 1.82) is 0 Å². The minimum atomic E-state index is 0.295. The van der Waals surface area contributed by atoms with Crippen molar-refractivity contribution in [2.45, 2.75) is 31.8 Å². The second-order valence-electron chi connectivity index (χ2n) is 5.22. The van der Waals surface area contributed by atoms with Crippen molar-refractivity contribution in [3.63, 3.8) is 0 Å². The molecule has 0 aromatic rings. The summed E-state index contributed by atoms with van der Waals surface area (Å²) in [5.41, 5.74) is 5.44. The zero-order chi connectivity index (χ0) is 12.8. The number of rotatable bonds is 6. The summed E-state index contributed by atoms with van der Waals surface area (Å²) in [6, 6.07) is 0. The standard InChI is InChI=1S/C13H25N3O2/c14-5-1-10-18-12-3-8-15(9-4-12)11-13(17)16-6-2-7-16/h12H,1-11,14H2. The maximum atomic E-state index is 11.8. The van der Waals surface area contributed by atoms with E-state index < -0.39 is 0 Å². The SMILES string of the molecule is NCCCOC1CCN(CC(=O)N2CCC2)CC1. The Morgan fingerprint density at radius 1 is 1.22 bits per heavy atom. The second-order valence-corrected chi connectivity index (χ2v) is 5.22. The third-order valence-electron chi connectivity index (χ3n) is 3.80. The summed E-state index contributed by atoms with van der Waals surface area (Å²) >= 11 is 0. The van der Waals surface area contributed by atoms with Gasteiger partial charge < -0.3 is 15.4 Å². The Labute approximate surface area is 109 Å². The van der Waals surface area contributed by atoms with E-state index in [1.54, 1.807) is 0 Å². The highest BCUT2D eigenvalue weighted by Gasteiger charge is 2.25. The number of hydrogen-bond donors (Lipinski definition) is 1. The van der Waals surface area contributed by atoms with Gasteiger partial charge in [-0.2, -0.15) is 0 Å². The van der Waals surface area contributed by atoms with Crippen LogP contribution in [0.4, 0.5) is 0 Å². The van der Waals surface area contributed by atoms with E-state index in [0.29, 0.717) is 25.1 Å². The van der Waals surface area contributed by atoms with Gasteiger partial charge in [0.1, 0.15) is 0 Å². The molecule has 2 N–H and O–H groups in total. The van der Waals surface area contributed by atoms with E-state index in [4.69, 9.17) is 10.5 Å². The Kier molecular flexibility index (Phi) is 5.41. The first-order chi connectivity index (χ1) is 8.79. The molecule has 0 spiro atoms. The predicted octanol–water partition coefficient (Wildman–Crippen LogP) is 0.0485. The fraction of sp³-hybridized carbons (Fsp3) is 0.923. The first-order valence-corrected chi connectivity index (χ1v) is 7.11. The third kappa shape index (κ3) is 3.93. The fourth-order valence-electron chi connectivity index (χ4n) is 2.42. The Hall–Kier alpha value is -0.650. The van der Waals surface area contributed by atoms with Crippen LogP contribution in [-0.2, 0) is 9.53 Å². The first kappa shape index (κ1) is 13.8. The average Bonchev–Trinajstić information content (AvgIpc) is 2.29. The van der Waals surface area contributed by atoms with Gasteiger partial charge in [0, 0.05) is 32.8 Å². The average molecular weight is 255 g/mol. The van der Waals surface area contributed by atoms with Gasteiger partial charge in [-0.1, -0.05) is 0 Å². The Morgan fingerprint density at radius 3 is 2.50 bits per heavy atom. The maximum Gasteiger partial charge on any atom is 0.236 e. The van der Waals surface area contributed by atoms with E-state index in [-0.39, 0.29) is 0 Å². The van der Waals surface area contributed by atoms with Crippen molar-refractivity contribution in [2.75, 3.05) is 45.9 Å². The molecular formula is C13H25N3O2. The molecule has 0 aliphatic carbocycles. The van der Waals surface area contributed by atoms with Crippen LogP contribution in [0.5, 0.6) is 0 Å². The number of likely N-dealkylation sites (tertiary alicyclic amines) is 2. The topological polar surface area (TPSA) is 58.8 Å². The zero-order valence-corrected chi connectivity index (χ0v) is 11.1. The van der Waals surface area contributed by atoms with Gasteiger partial charge >= 0.3 is 0 Å². The minimum absolute atomic E-state index is 0.295. The number of hydrogen-bond acceptors (Lipinski definition) is 4. The second kappa shape index (κ2) is 7.07. The Bertz CT molecular complexity index is 261. The molecular weight excluding hydrogens is 230 g/mol. The largest absolute Gasteiger partial charge is 0.378 e. The molecule has 2 saturated heterocycles. The predicted molar refractivity (Wildman–Crippen MR) is 70.3 cm³/mol. The molecule has 0 aromatic heterocycles. The van der Waals surface area contributed by atoms with Crippen LogP contribution < -0.4 is 5.73 Å². The molecule has 0 unspecified atom stereocenters. The molecule has 104 valence electrons. The van der Waals surface area contributed by atoms with Crippen LogP contribution in [0.2, 0.25) is 0 Å². The lowest BCUT2D eigenvalue weighted by molar-refractivity contribution is -0.136. The summed E-state index contributed by atoms with van der Waals surface area (Å²) in [4.78, 5) is 16.0. The maximum absolute atomic E-state index is 11.8. The molecule has 2 fully saturated rings. The number of carbonyl (C=O) groups excluding carboxylic acids is 1. The summed E-state index contributed by atoms with van der Waals surface area (Å²) in [6.07, 6.45) is 4.55. The van der Waals surface area contributed by atoms with Crippen molar-refractivity contribution in [3.8, 4) is 0 Å². The number of ether oxygens (including phenoxy) is 1. The lowest BCUT2D eigenvalue weighted by Gasteiger charge is -2.35. The highest BCUT2D eigenvalue weighted by molar-refractivity contribution is 5.78. The van der Waals surface area contributed by atoms with Gasteiger partial charge in [-0.25, -0.2) is 0 Å². The van der Waals surface area contributed by atoms with Crippen LogP contribution in [0.3, 0.4) is 0 Å². The molecule has 0 aromatic carbocycles. The molecule has 18 heavy (non-hydrogen) atoms. The van der Waals surface area contributed by atoms with Crippen LogP contribution in [-0.4, -0.2) is 67.7 Å². The van der Waals surface area contributed by atoms with E-state index in [1.165, 1.54) is 6.42 Å². The van der Waals surface area contributed by atoms with Gasteiger partial charge in [-0.05, 0) is 32.2 Å². The Morgan fingerprint density at radius 2 is 1.94 bits per heavy atom. The molecule has 0 bridgehead atoms. The lowest BCUT2D eigenvalue weighted by Crippen LogP contribution is -2.49. The lowest BCUT2D eigenvalue weighted by atomic mass is 10.1. The monoisotopic (exact) mass is 255 g/mol. The summed E-state index contributed by atoms with van der Waals surface area (Å²) in [5.74, 6) is 0.295. The highest BCUT2D eigenvalue weighted by Crippen LogP contribution is 2.15. The van der Waals surface area contributed by atoms with Crippen molar-refractivity contribution in [3.05, 3.63) is 0 Å². The van der Waals surface area contributed by atoms with E-state index in [9.17, 15) is 4.79 Å². The summed E-state index contributed by atoms with van der Waals surface area (Å²) in [6.45, 7) is 5.93. The Balaban J connectivity index is 1.59. The number of piperidine rings is 1. The van der Waals surface area contributed by atoms with Gasteiger partial charge in [-0.15, -0.1) is 0 Å². The van der Waals surface area contributed by atoms with Gasteiger partial charge in [0.2, 0.25) is 5.91 Å². The van der Waals surface area contributed by atoms with Crippen LogP contribution in [0.15, 0.2) is 0 Å². The van der Waals surface area contributed by atoms with E-state index >= 15 is 0 Å². The van der Waals surface area contributed by atoms with Crippen molar-refractivity contribution in [2.24, 2.45) is 5.73 Å². The van der Waals surface area contributed by atoms with Crippen LogP contribution in [0.25, 0.3) is 0 Å². The molecule has 1 amide bonds. The van der Waals surface area contributed by atoms with Crippen molar-refractivity contribution >= 4 is 5.91 Å². The van der Waals surface area contributed by atoms with Crippen LogP contribution in [0, 0.1) is 0 Å². The van der Waals surface area contributed by atoms with E-state index in [1.807, 2.05) is 4.90 Å². The third-order valence-corrected chi connectivity index (χ3v) is 3.80. The number of carbonyl (C=O) groups is 1. The minimum Gasteiger partial charge on any atom is -0.378 e. The molecule has 5 heteroatoms. The summed E-state index contributed by atoms with van der Waals surface area (Å²) in [5, 5.41) is 0. The van der Waals surface area contributed by atoms with Crippen LogP contribution >= 0.6 is 0 Å².